The van der Waals surface area contributed by atoms with Crippen LogP contribution in [0.5, 0.6) is 11.6 Å². The number of ether oxygens (including phenoxy) is 2. The first-order chi connectivity index (χ1) is 8.83. The Hall–Kier alpha value is -2.30. The Morgan fingerprint density at radius 2 is 2.22 bits per heavy atom. The van der Waals surface area contributed by atoms with Crippen LogP contribution < -0.4 is 9.47 Å². The van der Waals surface area contributed by atoms with Gasteiger partial charge in [-0.2, -0.15) is 0 Å². The van der Waals surface area contributed by atoms with Crippen LogP contribution in [-0.4, -0.2) is 28.1 Å². The molecule has 0 aliphatic heterocycles. The van der Waals surface area contributed by atoms with Crippen LogP contribution in [0.1, 0.15) is 6.92 Å². The molecule has 0 aliphatic carbocycles. The molecule has 2 heterocycles. The summed E-state index contributed by atoms with van der Waals surface area (Å²) in [5.74, 6) is 1.35. The van der Waals surface area contributed by atoms with Gasteiger partial charge in [0.2, 0.25) is 5.65 Å². The average Bonchev–Trinajstić information content (AvgIpc) is 2.88. The first-order valence-corrected chi connectivity index (χ1v) is 5.77. The number of hydrogen-bond acceptors (Lipinski definition) is 4. The van der Waals surface area contributed by atoms with Crippen molar-refractivity contribution in [2.75, 3.05) is 13.7 Å². The Labute approximate surface area is 104 Å². The van der Waals surface area contributed by atoms with Gasteiger partial charge in [-0.25, -0.2) is 9.97 Å². The number of fused-ring (bicyclic) bond motifs is 3. The van der Waals surface area contributed by atoms with E-state index in [-0.39, 0.29) is 0 Å². The SMILES string of the molecule is CCOc1nc2ccc(OC)cc2n2ccnc12. The van der Waals surface area contributed by atoms with Gasteiger partial charge in [0.15, 0.2) is 0 Å². The third kappa shape index (κ3) is 1.55. The number of imidazole rings is 1. The first-order valence-electron chi connectivity index (χ1n) is 5.77. The molecule has 1 aromatic carbocycles. The Balaban J connectivity index is 2.36. The van der Waals surface area contributed by atoms with Gasteiger partial charge in [0, 0.05) is 18.5 Å². The zero-order chi connectivity index (χ0) is 12.5. The topological polar surface area (TPSA) is 48.7 Å². The highest BCUT2D eigenvalue weighted by atomic mass is 16.5. The molecule has 3 aromatic rings. The van der Waals surface area contributed by atoms with E-state index in [2.05, 4.69) is 9.97 Å². The fourth-order valence-corrected chi connectivity index (χ4v) is 1.97. The van der Waals surface area contributed by atoms with Crippen molar-refractivity contribution < 1.29 is 9.47 Å². The fourth-order valence-electron chi connectivity index (χ4n) is 1.97. The normalized spacial score (nSPS) is 11.0. The minimum Gasteiger partial charge on any atom is -0.497 e. The van der Waals surface area contributed by atoms with Crippen LogP contribution in [0.4, 0.5) is 0 Å². The van der Waals surface area contributed by atoms with Gasteiger partial charge in [-0.1, -0.05) is 0 Å². The molecule has 0 saturated heterocycles. The second kappa shape index (κ2) is 4.18. The maximum atomic E-state index is 5.52. The maximum absolute atomic E-state index is 5.52. The van der Waals surface area contributed by atoms with Crippen LogP contribution in [0, 0.1) is 0 Å². The Morgan fingerprint density at radius 1 is 1.33 bits per heavy atom. The van der Waals surface area contributed by atoms with Crippen molar-refractivity contribution in [3.05, 3.63) is 30.6 Å². The molecule has 0 spiro atoms. The second-order valence-electron chi connectivity index (χ2n) is 3.83. The number of aromatic nitrogens is 3. The Kier molecular flexibility index (Phi) is 2.51. The van der Waals surface area contributed by atoms with Gasteiger partial charge >= 0.3 is 0 Å². The number of rotatable bonds is 3. The molecule has 0 unspecified atom stereocenters. The summed E-state index contributed by atoms with van der Waals surface area (Å²) in [4.78, 5) is 8.76. The lowest BCUT2D eigenvalue weighted by atomic mass is 10.3. The number of nitrogens with zero attached hydrogens (tertiary/aromatic N) is 3. The molecule has 0 aliphatic rings. The van der Waals surface area contributed by atoms with Crippen LogP contribution in [0.15, 0.2) is 30.6 Å². The molecule has 0 N–H and O–H groups in total. The quantitative estimate of drug-likeness (QED) is 0.708. The molecular formula is C13H13N3O2. The van der Waals surface area contributed by atoms with E-state index < -0.39 is 0 Å². The summed E-state index contributed by atoms with van der Waals surface area (Å²) in [7, 11) is 1.65. The van der Waals surface area contributed by atoms with Crippen molar-refractivity contribution in [2.24, 2.45) is 0 Å². The maximum Gasteiger partial charge on any atom is 0.258 e. The van der Waals surface area contributed by atoms with E-state index in [0.717, 1.165) is 22.4 Å². The molecule has 0 atom stereocenters. The van der Waals surface area contributed by atoms with E-state index in [0.29, 0.717) is 12.5 Å². The van der Waals surface area contributed by atoms with Gasteiger partial charge in [-0.05, 0) is 19.1 Å². The fraction of sp³-hybridized carbons (Fsp3) is 0.231. The molecule has 0 bridgehead atoms. The highest BCUT2D eigenvalue weighted by molar-refractivity contribution is 5.81. The molecule has 0 fully saturated rings. The zero-order valence-corrected chi connectivity index (χ0v) is 10.3. The Bertz CT molecular complexity index is 706. The van der Waals surface area contributed by atoms with E-state index in [1.54, 1.807) is 13.3 Å². The standard InChI is InChI=1S/C13H13N3O2/c1-3-18-13-12-14-6-7-16(12)11-8-9(17-2)4-5-10(11)15-13/h4-8H,3H2,1-2H3. The van der Waals surface area contributed by atoms with Crippen molar-refractivity contribution in [3.63, 3.8) is 0 Å². The van der Waals surface area contributed by atoms with Crippen molar-refractivity contribution in [1.29, 1.82) is 0 Å². The van der Waals surface area contributed by atoms with E-state index in [4.69, 9.17) is 9.47 Å². The monoisotopic (exact) mass is 243 g/mol. The smallest absolute Gasteiger partial charge is 0.258 e. The molecule has 92 valence electrons. The lowest BCUT2D eigenvalue weighted by Gasteiger charge is -2.08. The molecule has 5 nitrogen and oxygen atoms in total. The highest BCUT2D eigenvalue weighted by Crippen LogP contribution is 2.25. The van der Waals surface area contributed by atoms with Gasteiger partial charge < -0.3 is 9.47 Å². The van der Waals surface area contributed by atoms with Crippen LogP contribution in [0.2, 0.25) is 0 Å². The molecule has 0 saturated carbocycles. The van der Waals surface area contributed by atoms with E-state index in [9.17, 15) is 0 Å². The van der Waals surface area contributed by atoms with Crippen LogP contribution in [0.25, 0.3) is 16.7 Å². The third-order valence-electron chi connectivity index (χ3n) is 2.78. The second-order valence-corrected chi connectivity index (χ2v) is 3.83. The van der Waals surface area contributed by atoms with E-state index >= 15 is 0 Å². The predicted octanol–water partition coefficient (Wildman–Crippen LogP) is 2.29. The minimum atomic E-state index is 0.556. The molecule has 0 amide bonds. The van der Waals surface area contributed by atoms with Crippen molar-refractivity contribution in [1.82, 2.24) is 14.4 Å². The molecule has 5 heteroatoms. The van der Waals surface area contributed by atoms with Gasteiger partial charge in [0.05, 0.1) is 24.8 Å². The molecule has 18 heavy (non-hydrogen) atoms. The summed E-state index contributed by atoms with van der Waals surface area (Å²) < 4.78 is 12.7. The summed E-state index contributed by atoms with van der Waals surface area (Å²) in [6.45, 7) is 2.50. The average molecular weight is 243 g/mol. The number of hydrogen-bond donors (Lipinski definition) is 0. The molecule has 2 aromatic heterocycles. The summed E-state index contributed by atoms with van der Waals surface area (Å²) in [5.41, 5.74) is 2.52. The molecular weight excluding hydrogens is 230 g/mol. The summed E-state index contributed by atoms with van der Waals surface area (Å²) >= 11 is 0. The lowest BCUT2D eigenvalue weighted by molar-refractivity contribution is 0.330. The summed E-state index contributed by atoms with van der Waals surface area (Å²) in [5, 5.41) is 0. The van der Waals surface area contributed by atoms with Crippen molar-refractivity contribution >= 4 is 16.7 Å². The number of benzene rings is 1. The molecule has 0 radical (unpaired) electrons. The summed E-state index contributed by atoms with van der Waals surface area (Å²) in [6.07, 6.45) is 3.62. The largest absolute Gasteiger partial charge is 0.497 e. The Morgan fingerprint density at radius 3 is 3.00 bits per heavy atom. The van der Waals surface area contributed by atoms with Gasteiger partial charge in [0.25, 0.3) is 5.88 Å². The van der Waals surface area contributed by atoms with Gasteiger partial charge in [0.1, 0.15) is 5.75 Å². The van der Waals surface area contributed by atoms with Crippen LogP contribution in [0.3, 0.4) is 0 Å². The van der Waals surface area contributed by atoms with Gasteiger partial charge in [-0.3, -0.25) is 4.40 Å². The van der Waals surface area contributed by atoms with Crippen LogP contribution in [-0.2, 0) is 0 Å². The van der Waals surface area contributed by atoms with E-state index in [1.165, 1.54) is 0 Å². The number of methoxy groups -OCH3 is 1. The zero-order valence-electron chi connectivity index (χ0n) is 10.3. The van der Waals surface area contributed by atoms with Crippen molar-refractivity contribution in [2.45, 2.75) is 6.92 Å². The first kappa shape index (κ1) is 10.8. The lowest BCUT2D eigenvalue weighted by Crippen LogP contribution is -2.00. The third-order valence-corrected chi connectivity index (χ3v) is 2.78. The predicted molar refractivity (Wildman–Crippen MR) is 68.2 cm³/mol. The van der Waals surface area contributed by atoms with Crippen LogP contribution >= 0.6 is 0 Å². The molecule has 3 rings (SSSR count). The summed E-state index contributed by atoms with van der Waals surface area (Å²) in [6, 6.07) is 5.73. The van der Waals surface area contributed by atoms with Gasteiger partial charge in [-0.15, -0.1) is 0 Å². The van der Waals surface area contributed by atoms with Crippen molar-refractivity contribution in [3.8, 4) is 11.6 Å². The minimum absolute atomic E-state index is 0.556. The highest BCUT2D eigenvalue weighted by Gasteiger charge is 2.10. The van der Waals surface area contributed by atoms with E-state index in [1.807, 2.05) is 35.7 Å².